The molecule has 0 saturated heterocycles. The Bertz CT molecular complexity index is 463. The Morgan fingerprint density at radius 1 is 1.50 bits per heavy atom. The molecule has 0 amide bonds. The number of nitrogens with one attached hydrogen (secondary N) is 3. The normalized spacial score (nSPS) is 10.1. The Morgan fingerprint density at radius 2 is 2.36 bits per heavy atom. The van der Waals surface area contributed by atoms with Gasteiger partial charge in [0.25, 0.3) is 0 Å². The lowest BCUT2D eigenvalue weighted by Crippen LogP contribution is -2.23. The Kier molecular flexibility index (Phi) is 2.32. The molecule has 0 spiro atoms. The summed E-state index contributed by atoms with van der Waals surface area (Å²) in [4.78, 5) is 0. The lowest BCUT2D eigenvalue weighted by molar-refractivity contribution is 1.12. The molecular formula is C9H10N4S. The van der Waals surface area contributed by atoms with Gasteiger partial charge in [0.2, 0.25) is 0 Å². The summed E-state index contributed by atoms with van der Waals surface area (Å²) in [6, 6.07) is 5.90. The van der Waals surface area contributed by atoms with E-state index in [9.17, 15) is 0 Å². The van der Waals surface area contributed by atoms with E-state index in [0.29, 0.717) is 5.11 Å². The minimum atomic E-state index is 0.604. The molecule has 4 nitrogen and oxygen atoms in total. The molecule has 14 heavy (non-hydrogen) atoms. The second kappa shape index (κ2) is 3.63. The molecule has 0 radical (unpaired) electrons. The predicted molar refractivity (Wildman–Crippen MR) is 61.4 cm³/mol. The molecule has 0 fully saturated rings. The van der Waals surface area contributed by atoms with Crippen LogP contribution in [0.25, 0.3) is 10.9 Å². The molecule has 0 aliphatic carbocycles. The van der Waals surface area contributed by atoms with Crippen molar-refractivity contribution in [1.29, 1.82) is 0 Å². The Morgan fingerprint density at radius 3 is 3.14 bits per heavy atom. The number of fused-ring (bicyclic) bond motifs is 1. The third-order valence-corrected chi connectivity index (χ3v) is 2.23. The van der Waals surface area contributed by atoms with Crippen LogP contribution >= 0.6 is 12.2 Å². The van der Waals surface area contributed by atoms with Gasteiger partial charge in [-0.1, -0.05) is 0 Å². The van der Waals surface area contributed by atoms with Gasteiger partial charge >= 0.3 is 0 Å². The number of rotatable bonds is 1. The highest BCUT2D eigenvalue weighted by atomic mass is 32.1. The van der Waals surface area contributed by atoms with Crippen molar-refractivity contribution in [3.63, 3.8) is 0 Å². The van der Waals surface area contributed by atoms with Gasteiger partial charge in [-0.25, -0.2) is 0 Å². The molecule has 2 aromatic rings. The number of hydrogen-bond donors (Lipinski definition) is 3. The van der Waals surface area contributed by atoms with E-state index in [1.807, 2.05) is 18.2 Å². The first-order chi connectivity index (χ1) is 6.79. The van der Waals surface area contributed by atoms with Crippen LogP contribution in [-0.2, 0) is 0 Å². The molecule has 0 bridgehead atoms. The van der Waals surface area contributed by atoms with Gasteiger partial charge in [-0.3, -0.25) is 5.10 Å². The highest BCUT2D eigenvalue weighted by molar-refractivity contribution is 7.80. The first-order valence-electron chi connectivity index (χ1n) is 4.21. The molecule has 1 aromatic carbocycles. The van der Waals surface area contributed by atoms with Gasteiger partial charge in [-0.05, 0) is 30.4 Å². The summed E-state index contributed by atoms with van der Waals surface area (Å²) in [7, 11) is 1.78. The van der Waals surface area contributed by atoms with Crippen molar-refractivity contribution in [3.05, 3.63) is 24.4 Å². The first-order valence-corrected chi connectivity index (χ1v) is 4.62. The number of benzene rings is 1. The SMILES string of the molecule is CNC(=S)Nc1ccc2[nH]ncc2c1. The van der Waals surface area contributed by atoms with Crippen LogP contribution < -0.4 is 10.6 Å². The lowest BCUT2D eigenvalue weighted by Gasteiger charge is -2.06. The topological polar surface area (TPSA) is 52.7 Å². The van der Waals surface area contributed by atoms with E-state index in [0.717, 1.165) is 16.6 Å². The van der Waals surface area contributed by atoms with Crippen LogP contribution in [0.5, 0.6) is 0 Å². The molecular weight excluding hydrogens is 196 g/mol. The second-order valence-corrected chi connectivity index (χ2v) is 3.28. The van der Waals surface area contributed by atoms with Crippen molar-refractivity contribution in [1.82, 2.24) is 15.5 Å². The standard InChI is InChI=1S/C9H10N4S/c1-10-9(14)12-7-2-3-8-6(4-7)5-11-13-8/h2-5H,1H3,(H,11,13)(H2,10,12,14). The third-order valence-electron chi connectivity index (χ3n) is 1.93. The number of aromatic nitrogens is 2. The van der Waals surface area contributed by atoms with Crippen LogP contribution in [-0.4, -0.2) is 22.4 Å². The molecule has 0 saturated carbocycles. The Balaban J connectivity index is 2.30. The smallest absolute Gasteiger partial charge is 0.170 e. The van der Waals surface area contributed by atoms with Crippen molar-refractivity contribution in [2.45, 2.75) is 0 Å². The zero-order valence-corrected chi connectivity index (χ0v) is 8.48. The monoisotopic (exact) mass is 206 g/mol. The van der Waals surface area contributed by atoms with Gasteiger partial charge in [-0.2, -0.15) is 5.10 Å². The summed E-state index contributed by atoms with van der Waals surface area (Å²) in [6.45, 7) is 0. The van der Waals surface area contributed by atoms with Gasteiger partial charge in [0, 0.05) is 18.1 Å². The van der Waals surface area contributed by atoms with E-state index in [-0.39, 0.29) is 0 Å². The molecule has 0 aliphatic heterocycles. The summed E-state index contributed by atoms with van der Waals surface area (Å²) in [5.41, 5.74) is 1.98. The van der Waals surface area contributed by atoms with E-state index >= 15 is 0 Å². The lowest BCUT2D eigenvalue weighted by atomic mass is 10.2. The fraction of sp³-hybridized carbons (Fsp3) is 0.111. The quantitative estimate of drug-likeness (QED) is 0.619. The van der Waals surface area contributed by atoms with Gasteiger partial charge in [-0.15, -0.1) is 0 Å². The minimum absolute atomic E-state index is 0.604. The molecule has 0 aliphatic rings. The zero-order chi connectivity index (χ0) is 9.97. The fourth-order valence-corrected chi connectivity index (χ4v) is 1.33. The van der Waals surface area contributed by atoms with Crippen molar-refractivity contribution in [3.8, 4) is 0 Å². The second-order valence-electron chi connectivity index (χ2n) is 2.88. The van der Waals surface area contributed by atoms with Crippen molar-refractivity contribution in [2.24, 2.45) is 0 Å². The molecule has 0 atom stereocenters. The van der Waals surface area contributed by atoms with E-state index in [1.165, 1.54) is 0 Å². The van der Waals surface area contributed by atoms with Crippen LogP contribution in [0.4, 0.5) is 5.69 Å². The Labute approximate surface area is 86.7 Å². The number of thiocarbonyl (C=S) groups is 1. The van der Waals surface area contributed by atoms with Gasteiger partial charge in [0.15, 0.2) is 5.11 Å². The predicted octanol–water partition coefficient (Wildman–Crippen LogP) is 1.48. The maximum atomic E-state index is 4.99. The maximum absolute atomic E-state index is 4.99. The minimum Gasteiger partial charge on any atom is -0.366 e. The maximum Gasteiger partial charge on any atom is 0.170 e. The van der Waals surface area contributed by atoms with Gasteiger partial charge < -0.3 is 10.6 Å². The number of nitrogens with zero attached hydrogens (tertiary/aromatic N) is 1. The first kappa shape index (κ1) is 8.96. The van der Waals surface area contributed by atoms with Crippen LogP contribution in [0.3, 0.4) is 0 Å². The number of aromatic amines is 1. The molecule has 5 heteroatoms. The molecule has 3 N–H and O–H groups in total. The van der Waals surface area contributed by atoms with E-state index < -0.39 is 0 Å². The number of H-pyrrole nitrogens is 1. The third kappa shape index (κ3) is 1.67. The van der Waals surface area contributed by atoms with E-state index in [2.05, 4.69) is 20.8 Å². The summed E-state index contributed by atoms with van der Waals surface area (Å²) < 4.78 is 0. The molecule has 2 rings (SSSR count). The zero-order valence-electron chi connectivity index (χ0n) is 7.66. The van der Waals surface area contributed by atoms with Crippen molar-refractivity contribution < 1.29 is 0 Å². The average molecular weight is 206 g/mol. The molecule has 72 valence electrons. The summed E-state index contributed by atoms with van der Waals surface area (Å²) in [5, 5.41) is 14.4. The van der Waals surface area contributed by atoms with Gasteiger partial charge in [0.1, 0.15) is 0 Å². The van der Waals surface area contributed by atoms with Crippen molar-refractivity contribution in [2.75, 3.05) is 12.4 Å². The Hall–Kier alpha value is -1.62. The van der Waals surface area contributed by atoms with Crippen LogP contribution in [0.15, 0.2) is 24.4 Å². The largest absolute Gasteiger partial charge is 0.366 e. The average Bonchev–Trinajstić information content (AvgIpc) is 2.64. The molecule has 0 unspecified atom stereocenters. The van der Waals surface area contributed by atoms with E-state index in [1.54, 1.807) is 13.2 Å². The molecule has 1 aromatic heterocycles. The van der Waals surface area contributed by atoms with Crippen LogP contribution in [0, 0.1) is 0 Å². The highest BCUT2D eigenvalue weighted by Gasteiger charge is 1.98. The van der Waals surface area contributed by atoms with Crippen LogP contribution in [0.1, 0.15) is 0 Å². The van der Waals surface area contributed by atoms with Crippen molar-refractivity contribution >= 4 is 33.9 Å². The summed E-state index contributed by atoms with van der Waals surface area (Å²) in [5.74, 6) is 0. The summed E-state index contributed by atoms with van der Waals surface area (Å²) in [6.07, 6.45) is 1.78. The summed E-state index contributed by atoms with van der Waals surface area (Å²) >= 11 is 4.99. The highest BCUT2D eigenvalue weighted by Crippen LogP contribution is 2.16. The number of hydrogen-bond acceptors (Lipinski definition) is 2. The fourth-order valence-electron chi connectivity index (χ4n) is 1.21. The van der Waals surface area contributed by atoms with E-state index in [4.69, 9.17) is 12.2 Å². The van der Waals surface area contributed by atoms with Crippen LogP contribution in [0.2, 0.25) is 0 Å². The number of anilines is 1. The molecule has 1 heterocycles. The van der Waals surface area contributed by atoms with Gasteiger partial charge in [0.05, 0.1) is 11.7 Å².